The normalized spacial score (nSPS) is 11.6. The lowest BCUT2D eigenvalue weighted by Crippen LogP contribution is -2.22. The zero-order valence-corrected chi connectivity index (χ0v) is 18.2. The van der Waals surface area contributed by atoms with E-state index in [0.717, 1.165) is 22.9 Å². The maximum Gasteiger partial charge on any atom is 0.344 e. The highest BCUT2D eigenvalue weighted by molar-refractivity contribution is 9.10. The Bertz CT molecular complexity index is 1370. The van der Waals surface area contributed by atoms with Crippen molar-refractivity contribution >= 4 is 37.9 Å². The number of halogens is 1. The predicted molar refractivity (Wildman–Crippen MR) is 120 cm³/mol. The number of phenolic OH excluding ortho intramolecular Hbond substituents is 1. The van der Waals surface area contributed by atoms with E-state index in [1.807, 2.05) is 19.9 Å². The first-order valence-corrected chi connectivity index (χ1v) is 10.5. The quantitative estimate of drug-likeness (QED) is 0.419. The molecule has 0 spiro atoms. The lowest BCUT2D eigenvalue weighted by Gasteiger charge is -2.19. The van der Waals surface area contributed by atoms with E-state index in [2.05, 4.69) is 20.8 Å². The second-order valence-electron chi connectivity index (χ2n) is 7.01. The third-order valence-corrected chi connectivity index (χ3v) is 5.74. The van der Waals surface area contributed by atoms with Crippen LogP contribution in [-0.4, -0.2) is 23.1 Å². The average Bonchev–Trinajstić information content (AvgIpc) is 2.72. The van der Waals surface area contributed by atoms with E-state index in [9.17, 15) is 14.7 Å². The Labute approximate surface area is 180 Å². The molecule has 4 rings (SSSR count). The molecular weight excluding hydrogens is 450 g/mol. The molecular formula is C23H20BrNO5. The van der Waals surface area contributed by atoms with E-state index in [1.165, 1.54) is 6.07 Å². The number of aromatic hydroxyl groups is 1. The van der Waals surface area contributed by atoms with Gasteiger partial charge in [0.05, 0.1) is 11.1 Å². The van der Waals surface area contributed by atoms with E-state index >= 15 is 0 Å². The molecule has 0 saturated carbocycles. The van der Waals surface area contributed by atoms with Crippen LogP contribution in [-0.2, 0) is 6.54 Å². The molecule has 0 atom stereocenters. The van der Waals surface area contributed by atoms with Gasteiger partial charge < -0.3 is 13.9 Å². The molecule has 0 aliphatic heterocycles. The van der Waals surface area contributed by atoms with Crippen LogP contribution in [0.25, 0.3) is 33.1 Å². The molecule has 2 aromatic heterocycles. The zero-order chi connectivity index (χ0) is 21.4. The average molecular weight is 470 g/mol. The minimum absolute atomic E-state index is 0.0455. The van der Waals surface area contributed by atoms with E-state index in [-0.39, 0.29) is 16.9 Å². The lowest BCUT2D eigenvalue weighted by atomic mass is 9.99. The van der Waals surface area contributed by atoms with Gasteiger partial charge in [0.15, 0.2) is 0 Å². The summed E-state index contributed by atoms with van der Waals surface area (Å²) in [5.74, 6) is 0.0455. The molecule has 2 heterocycles. The van der Waals surface area contributed by atoms with Crippen molar-refractivity contribution in [3.63, 3.8) is 0 Å². The Kier molecular flexibility index (Phi) is 5.49. The summed E-state index contributed by atoms with van der Waals surface area (Å²) in [5, 5.41) is 11.7. The molecule has 0 aliphatic carbocycles. The second-order valence-corrected chi connectivity index (χ2v) is 7.93. The van der Waals surface area contributed by atoms with Crippen LogP contribution in [0.1, 0.15) is 19.4 Å². The van der Waals surface area contributed by atoms with Gasteiger partial charge in [-0.2, -0.15) is 0 Å². The summed E-state index contributed by atoms with van der Waals surface area (Å²) in [6.07, 6.45) is 0. The van der Waals surface area contributed by atoms with Crippen molar-refractivity contribution < 1.29 is 13.9 Å². The Morgan fingerprint density at radius 2 is 1.73 bits per heavy atom. The van der Waals surface area contributed by atoms with Crippen molar-refractivity contribution in [1.82, 2.24) is 4.90 Å². The van der Waals surface area contributed by atoms with Gasteiger partial charge in [0.1, 0.15) is 16.9 Å². The van der Waals surface area contributed by atoms with Crippen LogP contribution in [0.3, 0.4) is 0 Å². The van der Waals surface area contributed by atoms with Gasteiger partial charge in [-0.1, -0.05) is 29.8 Å². The SMILES string of the molecule is CCN(CC)Cc1c(O)ccc2c(-c3cc4cc(Br)ccc4oc3=O)cc(=O)oc12. The number of hydrogen-bond donors (Lipinski definition) is 1. The van der Waals surface area contributed by atoms with Gasteiger partial charge in [-0.25, -0.2) is 9.59 Å². The summed E-state index contributed by atoms with van der Waals surface area (Å²) in [7, 11) is 0. The number of rotatable bonds is 5. The molecule has 154 valence electrons. The third kappa shape index (κ3) is 3.66. The Morgan fingerprint density at radius 3 is 2.47 bits per heavy atom. The molecule has 6 nitrogen and oxygen atoms in total. The van der Waals surface area contributed by atoms with Crippen molar-refractivity contribution in [2.45, 2.75) is 20.4 Å². The van der Waals surface area contributed by atoms with E-state index in [0.29, 0.717) is 28.6 Å². The lowest BCUT2D eigenvalue weighted by molar-refractivity contribution is 0.290. The van der Waals surface area contributed by atoms with Gasteiger partial charge in [-0.3, -0.25) is 4.90 Å². The molecule has 1 N–H and O–H groups in total. The van der Waals surface area contributed by atoms with Crippen molar-refractivity contribution in [3.8, 4) is 16.9 Å². The highest BCUT2D eigenvalue weighted by Crippen LogP contribution is 2.34. The fraction of sp³-hybridized carbons (Fsp3) is 0.217. The molecule has 4 aromatic rings. The zero-order valence-electron chi connectivity index (χ0n) is 16.6. The fourth-order valence-corrected chi connectivity index (χ4v) is 3.98. The summed E-state index contributed by atoms with van der Waals surface area (Å²) in [5.41, 5.74) is 0.781. The molecule has 0 amide bonds. The molecule has 30 heavy (non-hydrogen) atoms. The van der Waals surface area contributed by atoms with Crippen molar-refractivity contribution in [1.29, 1.82) is 0 Å². The van der Waals surface area contributed by atoms with Crippen molar-refractivity contribution in [3.05, 3.63) is 73.3 Å². The molecule has 2 aromatic carbocycles. The van der Waals surface area contributed by atoms with Crippen LogP contribution < -0.4 is 11.3 Å². The Morgan fingerprint density at radius 1 is 0.967 bits per heavy atom. The number of nitrogens with zero attached hydrogens (tertiary/aromatic N) is 1. The first-order chi connectivity index (χ1) is 14.4. The first kappa shape index (κ1) is 20.4. The van der Waals surface area contributed by atoms with Crippen LogP contribution in [0.5, 0.6) is 5.75 Å². The van der Waals surface area contributed by atoms with E-state index < -0.39 is 11.3 Å². The van der Waals surface area contributed by atoms with Crippen molar-refractivity contribution in [2.75, 3.05) is 13.1 Å². The molecule has 0 unspecified atom stereocenters. The first-order valence-electron chi connectivity index (χ1n) is 9.66. The standard InChI is InChI=1S/C23H20BrNO5/c1-3-25(4-2)12-18-19(26)7-6-15-16(11-21(27)30-22(15)18)17-10-13-9-14(24)5-8-20(13)29-23(17)28/h5-11,26H,3-4,12H2,1-2H3. The maximum absolute atomic E-state index is 12.7. The minimum Gasteiger partial charge on any atom is -0.507 e. The van der Waals surface area contributed by atoms with Crippen LogP contribution in [0.15, 0.2) is 65.4 Å². The van der Waals surface area contributed by atoms with Crippen LogP contribution in [0, 0.1) is 0 Å². The number of fused-ring (bicyclic) bond motifs is 2. The van der Waals surface area contributed by atoms with Gasteiger partial charge in [0.2, 0.25) is 0 Å². The maximum atomic E-state index is 12.7. The number of phenols is 1. The molecule has 0 fully saturated rings. The predicted octanol–water partition coefficient (Wildman–Crippen LogP) is 4.88. The number of benzene rings is 2. The van der Waals surface area contributed by atoms with E-state index in [1.54, 1.807) is 30.3 Å². The minimum atomic E-state index is -0.599. The summed E-state index contributed by atoms with van der Waals surface area (Å²) >= 11 is 3.42. The summed E-state index contributed by atoms with van der Waals surface area (Å²) in [6, 6.07) is 11.5. The Hall–Kier alpha value is -2.90. The van der Waals surface area contributed by atoms with Gasteiger partial charge in [0, 0.05) is 33.4 Å². The third-order valence-electron chi connectivity index (χ3n) is 5.25. The second kappa shape index (κ2) is 8.08. The topological polar surface area (TPSA) is 83.9 Å². The highest BCUT2D eigenvalue weighted by atomic mass is 79.9. The monoisotopic (exact) mass is 469 g/mol. The van der Waals surface area contributed by atoms with Crippen LogP contribution in [0.2, 0.25) is 0 Å². The molecule has 0 radical (unpaired) electrons. The highest BCUT2D eigenvalue weighted by Gasteiger charge is 2.19. The number of hydrogen-bond acceptors (Lipinski definition) is 6. The van der Waals surface area contributed by atoms with Gasteiger partial charge in [-0.15, -0.1) is 0 Å². The fourth-order valence-electron chi connectivity index (χ4n) is 3.60. The molecule has 7 heteroatoms. The molecule has 0 bridgehead atoms. The van der Waals surface area contributed by atoms with E-state index in [4.69, 9.17) is 8.83 Å². The van der Waals surface area contributed by atoms with Crippen molar-refractivity contribution in [2.24, 2.45) is 0 Å². The summed E-state index contributed by atoms with van der Waals surface area (Å²) in [4.78, 5) is 27.2. The Balaban J connectivity index is 2.01. The van der Waals surface area contributed by atoms with Crippen LogP contribution in [0.4, 0.5) is 0 Å². The molecule has 0 saturated heterocycles. The summed E-state index contributed by atoms with van der Waals surface area (Å²) in [6.45, 7) is 6.01. The van der Waals surface area contributed by atoms with Gasteiger partial charge in [-0.05, 0) is 49.5 Å². The van der Waals surface area contributed by atoms with Gasteiger partial charge in [0.25, 0.3) is 0 Å². The van der Waals surface area contributed by atoms with Gasteiger partial charge >= 0.3 is 11.3 Å². The smallest absolute Gasteiger partial charge is 0.344 e. The molecule has 0 aliphatic rings. The van der Waals surface area contributed by atoms with Crippen LogP contribution >= 0.6 is 15.9 Å². The largest absolute Gasteiger partial charge is 0.507 e. The summed E-state index contributed by atoms with van der Waals surface area (Å²) < 4.78 is 11.8.